The Hall–Kier alpha value is -2.73. The average Bonchev–Trinajstić information content (AvgIpc) is 3.29. The second kappa shape index (κ2) is 7.51. The topological polar surface area (TPSA) is 58.6 Å². The number of ketones is 1. The van der Waals surface area contributed by atoms with Crippen molar-refractivity contribution in [2.75, 3.05) is 0 Å². The van der Waals surface area contributed by atoms with Gasteiger partial charge in [-0.2, -0.15) is 0 Å². The lowest BCUT2D eigenvalue weighted by Crippen LogP contribution is -2.03. The van der Waals surface area contributed by atoms with E-state index in [4.69, 9.17) is 23.2 Å². The second-order valence-corrected chi connectivity index (χ2v) is 9.10. The molecule has 0 unspecified atom stereocenters. The van der Waals surface area contributed by atoms with E-state index in [9.17, 15) is 4.79 Å². The third-order valence-electron chi connectivity index (χ3n) is 4.93. The van der Waals surface area contributed by atoms with E-state index in [1.807, 2.05) is 37.3 Å². The Kier molecular flexibility index (Phi) is 4.82. The van der Waals surface area contributed by atoms with Gasteiger partial charge >= 0.3 is 0 Å². The molecule has 1 N–H and O–H groups in total. The number of Topliss-reactive ketones (excluding diaryl/α,β-unsaturated/α-hetero) is 1. The Morgan fingerprint density at radius 3 is 2.57 bits per heavy atom. The fourth-order valence-electron chi connectivity index (χ4n) is 3.51. The van der Waals surface area contributed by atoms with Crippen LogP contribution < -0.4 is 0 Å². The van der Waals surface area contributed by atoms with E-state index < -0.39 is 0 Å². The minimum atomic E-state index is 0.0458. The van der Waals surface area contributed by atoms with Crippen molar-refractivity contribution in [1.29, 1.82) is 0 Å². The quantitative estimate of drug-likeness (QED) is 0.303. The highest BCUT2D eigenvalue weighted by Gasteiger charge is 2.15. The van der Waals surface area contributed by atoms with Crippen molar-refractivity contribution in [3.8, 4) is 11.4 Å². The molecule has 5 aromatic rings. The van der Waals surface area contributed by atoms with Crippen molar-refractivity contribution in [3.63, 3.8) is 0 Å². The molecule has 0 aliphatic heterocycles. The van der Waals surface area contributed by atoms with Crippen LogP contribution in [-0.2, 0) is 6.42 Å². The number of rotatable bonds is 4. The molecule has 0 fully saturated rings. The van der Waals surface area contributed by atoms with Crippen molar-refractivity contribution in [3.05, 3.63) is 80.8 Å². The van der Waals surface area contributed by atoms with Crippen LogP contribution in [0.15, 0.2) is 54.6 Å². The van der Waals surface area contributed by atoms with Gasteiger partial charge in [0, 0.05) is 12.0 Å². The average molecular weight is 452 g/mol. The molecule has 7 heteroatoms. The molecular formula is C23H15Cl2N3OS. The summed E-state index contributed by atoms with van der Waals surface area (Å²) in [5.41, 5.74) is 4.74. The molecule has 4 nitrogen and oxygen atoms in total. The number of aromatic nitrogens is 3. The van der Waals surface area contributed by atoms with Gasteiger partial charge in [0.05, 0.1) is 41.9 Å². The standard InChI is InChI=1S/C23H15Cl2N3OS/c1-12-26-18-7-5-13(10-21(18)30-12)9-20(29)14-6-8-17-19(11-14)28-23(27-17)22-15(24)3-2-4-16(22)25/h2-8,10-11H,9H2,1H3,(H,27,28). The van der Waals surface area contributed by atoms with Crippen LogP contribution in [0.25, 0.3) is 32.6 Å². The van der Waals surface area contributed by atoms with Gasteiger partial charge in [0.15, 0.2) is 5.78 Å². The largest absolute Gasteiger partial charge is 0.338 e. The Labute approximate surface area is 186 Å². The number of halogens is 2. The zero-order chi connectivity index (χ0) is 20.8. The fraction of sp³-hybridized carbons (Fsp3) is 0.0870. The van der Waals surface area contributed by atoms with E-state index in [1.54, 1.807) is 35.6 Å². The molecule has 0 aliphatic carbocycles. The number of carbonyl (C=O) groups is 1. The lowest BCUT2D eigenvalue weighted by Gasteiger charge is -2.02. The molecule has 0 aliphatic rings. The monoisotopic (exact) mass is 451 g/mol. The number of nitrogens with zero attached hydrogens (tertiary/aromatic N) is 2. The number of nitrogens with one attached hydrogen (secondary N) is 1. The van der Waals surface area contributed by atoms with E-state index in [-0.39, 0.29) is 5.78 Å². The van der Waals surface area contributed by atoms with Crippen LogP contribution in [-0.4, -0.2) is 20.7 Å². The molecule has 0 amide bonds. The first-order valence-corrected chi connectivity index (χ1v) is 10.9. The molecule has 0 spiro atoms. The maximum Gasteiger partial charge on any atom is 0.167 e. The van der Waals surface area contributed by atoms with Crippen molar-refractivity contribution in [2.24, 2.45) is 0 Å². The summed E-state index contributed by atoms with van der Waals surface area (Å²) in [6.07, 6.45) is 0.329. The van der Waals surface area contributed by atoms with E-state index in [0.29, 0.717) is 33.4 Å². The molecule has 30 heavy (non-hydrogen) atoms. The Bertz CT molecular complexity index is 1420. The number of imidazole rings is 1. The number of H-pyrrole nitrogens is 1. The lowest BCUT2D eigenvalue weighted by atomic mass is 10.0. The predicted molar refractivity (Wildman–Crippen MR) is 124 cm³/mol. The van der Waals surface area contributed by atoms with Crippen LogP contribution in [0.5, 0.6) is 0 Å². The normalized spacial score (nSPS) is 11.4. The molecule has 0 atom stereocenters. The summed E-state index contributed by atoms with van der Waals surface area (Å²) in [6.45, 7) is 1.99. The molecule has 0 bridgehead atoms. The first-order chi connectivity index (χ1) is 14.5. The van der Waals surface area contributed by atoms with Gasteiger partial charge in [-0.15, -0.1) is 11.3 Å². The fourth-order valence-corrected chi connectivity index (χ4v) is 4.97. The molecule has 3 aromatic carbocycles. The summed E-state index contributed by atoms with van der Waals surface area (Å²) >= 11 is 14.2. The number of fused-ring (bicyclic) bond motifs is 2. The summed E-state index contributed by atoms with van der Waals surface area (Å²) in [6, 6.07) is 16.8. The highest BCUT2D eigenvalue weighted by atomic mass is 35.5. The van der Waals surface area contributed by atoms with Crippen molar-refractivity contribution >= 4 is 61.6 Å². The molecule has 0 saturated carbocycles. The number of hydrogen-bond acceptors (Lipinski definition) is 4. The molecule has 2 heterocycles. The summed E-state index contributed by atoms with van der Waals surface area (Å²) in [4.78, 5) is 25.2. The van der Waals surface area contributed by atoms with Crippen LogP contribution in [0.4, 0.5) is 0 Å². The Morgan fingerprint density at radius 1 is 1.00 bits per heavy atom. The van der Waals surface area contributed by atoms with E-state index >= 15 is 0 Å². The summed E-state index contributed by atoms with van der Waals surface area (Å²) in [5.74, 6) is 0.626. The molecule has 0 radical (unpaired) electrons. The second-order valence-electron chi connectivity index (χ2n) is 7.05. The molecular weight excluding hydrogens is 437 g/mol. The van der Waals surface area contributed by atoms with Crippen LogP contribution in [0.1, 0.15) is 20.9 Å². The lowest BCUT2D eigenvalue weighted by molar-refractivity contribution is 0.0993. The van der Waals surface area contributed by atoms with Crippen molar-refractivity contribution in [2.45, 2.75) is 13.3 Å². The highest BCUT2D eigenvalue weighted by molar-refractivity contribution is 7.18. The summed E-state index contributed by atoms with van der Waals surface area (Å²) < 4.78 is 1.10. The van der Waals surface area contributed by atoms with Gasteiger partial charge in [0.1, 0.15) is 5.82 Å². The summed E-state index contributed by atoms with van der Waals surface area (Å²) in [5, 5.41) is 2.06. The third-order valence-corrected chi connectivity index (χ3v) is 6.49. The van der Waals surface area contributed by atoms with Gasteiger partial charge in [0.25, 0.3) is 0 Å². The molecule has 148 valence electrons. The number of aromatic amines is 1. The first-order valence-electron chi connectivity index (χ1n) is 9.31. The van der Waals surface area contributed by atoms with Crippen LogP contribution in [0.3, 0.4) is 0 Å². The highest BCUT2D eigenvalue weighted by Crippen LogP contribution is 2.34. The van der Waals surface area contributed by atoms with Gasteiger partial charge in [-0.1, -0.05) is 35.3 Å². The number of carbonyl (C=O) groups excluding carboxylic acids is 1. The maximum atomic E-state index is 12.9. The van der Waals surface area contributed by atoms with Crippen molar-refractivity contribution < 1.29 is 4.79 Å². The van der Waals surface area contributed by atoms with Gasteiger partial charge < -0.3 is 4.98 Å². The SMILES string of the molecule is Cc1nc2ccc(CC(=O)c3ccc4nc(-c5c(Cl)cccc5Cl)[nH]c4c3)cc2s1. The van der Waals surface area contributed by atoms with Crippen LogP contribution >= 0.6 is 34.5 Å². The number of thiazole rings is 1. The summed E-state index contributed by atoms with van der Waals surface area (Å²) in [7, 11) is 0. The number of hydrogen-bond donors (Lipinski definition) is 1. The zero-order valence-corrected chi connectivity index (χ0v) is 18.2. The Morgan fingerprint density at radius 2 is 1.77 bits per heavy atom. The number of benzene rings is 3. The molecule has 2 aromatic heterocycles. The number of aryl methyl sites for hydroxylation is 1. The molecule has 5 rings (SSSR count). The minimum Gasteiger partial charge on any atom is -0.338 e. The third kappa shape index (κ3) is 3.49. The minimum absolute atomic E-state index is 0.0458. The van der Waals surface area contributed by atoms with Crippen LogP contribution in [0.2, 0.25) is 10.0 Å². The van der Waals surface area contributed by atoms with Gasteiger partial charge in [0.2, 0.25) is 0 Å². The van der Waals surface area contributed by atoms with E-state index in [0.717, 1.165) is 31.8 Å². The maximum absolute atomic E-state index is 12.9. The van der Waals surface area contributed by atoms with Crippen molar-refractivity contribution in [1.82, 2.24) is 15.0 Å². The van der Waals surface area contributed by atoms with E-state index in [1.165, 1.54) is 0 Å². The van der Waals surface area contributed by atoms with E-state index in [2.05, 4.69) is 15.0 Å². The van der Waals surface area contributed by atoms with Gasteiger partial charge in [-0.3, -0.25) is 4.79 Å². The Balaban J connectivity index is 1.46. The van der Waals surface area contributed by atoms with Gasteiger partial charge in [-0.25, -0.2) is 9.97 Å². The molecule has 0 saturated heterocycles. The predicted octanol–water partition coefficient (Wildman–Crippen LogP) is 6.88. The smallest absolute Gasteiger partial charge is 0.167 e. The first kappa shape index (κ1) is 19.2. The van der Waals surface area contributed by atoms with Crippen LogP contribution in [0, 0.1) is 6.92 Å². The zero-order valence-electron chi connectivity index (χ0n) is 15.9. The van der Waals surface area contributed by atoms with Gasteiger partial charge in [-0.05, 0) is 55.0 Å².